The lowest BCUT2D eigenvalue weighted by Crippen LogP contribution is -2.24. The number of carbonyl (C=O) groups excluding carboxylic acids is 1. The van der Waals surface area contributed by atoms with E-state index in [0.29, 0.717) is 18.1 Å². The summed E-state index contributed by atoms with van der Waals surface area (Å²) in [4.78, 5) is 21.9. The van der Waals surface area contributed by atoms with E-state index >= 15 is 0 Å². The van der Waals surface area contributed by atoms with Gasteiger partial charge in [-0.2, -0.15) is 4.68 Å². The van der Waals surface area contributed by atoms with E-state index in [2.05, 4.69) is 20.8 Å². The highest BCUT2D eigenvalue weighted by molar-refractivity contribution is 5.91. The predicted molar refractivity (Wildman–Crippen MR) is 86.9 cm³/mol. The molecule has 1 amide bonds. The van der Waals surface area contributed by atoms with Crippen LogP contribution >= 0.6 is 0 Å². The first-order valence-electron chi connectivity index (χ1n) is 7.61. The minimum atomic E-state index is -0.719. The predicted octanol–water partition coefficient (Wildman–Crippen LogP) is 1.49. The summed E-state index contributed by atoms with van der Waals surface area (Å²) in [6, 6.07) is 9.46. The van der Waals surface area contributed by atoms with Crippen molar-refractivity contribution in [3.63, 3.8) is 0 Å². The van der Waals surface area contributed by atoms with Gasteiger partial charge in [0.25, 0.3) is 5.91 Å². The zero-order valence-electron chi connectivity index (χ0n) is 13.7. The molecule has 0 spiro atoms. The highest BCUT2D eigenvalue weighted by atomic mass is 16.6. The molecule has 2 heterocycles. The Kier molecular flexibility index (Phi) is 4.87. The van der Waals surface area contributed by atoms with Gasteiger partial charge in [-0.25, -0.2) is 0 Å². The van der Waals surface area contributed by atoms with Gasteiger partial charge in [-0.05, 0) is 47.7 Å². The smallest absolute Gasteiger partial charge is 0.433 e. The number of ether oxygens (including phenoxy) is 1. The number of nitrogens with zero attached hydrogens (tertiary/aromatic N) is 5. The SMILES string of the molecule is CCOc1ccc(-n2nnnc2CNC(=O)c2ccc([N+](=O)[O-])o2)cc1. The molecule has 3 rings (SSSR count). The topological polar surface area (TPSA) is 138 Å². The number of nitro groups is 1. The molecule has 0 atom stereocenters. The van der Waals surface area contributed by atoms with E-state index in [-0.39, 0.29) is 12.3 Å². The molecule has 134 valence electrons. The van der Waals surface area contributed by atoms with Gasteiger partial charge < -0.3 is 14.5 Å². The van der Waals surface area contributed by atoms with E-state index in [1.807, 2.05) is 6.92 Å². The fraction of sp³-hybridized carbons (Fsp3) is 0.200. The van der Waals surface area contributed by atoms with Crippen LogP contribution < -0.4 is 10.1 Å². The monoisotopic (exact) mass is 358 g/mol. The van der Waals surface area contributed by atoms with Crippen molar-refractivity contribution in [2.24, 2.45) is 0 Å². The zero-order valence-corrected chi connectivity index (χ0v) is 13.7. The molecule has 0 aliphatic rings. The second-order valence-corrected chi connectivity index (χ2v) is 5.01. The number of benzene rings is 1. The molecule has 26 heavy (non-hydrogen) atoms. The largest absolute Gasteiger partial charge is 0.494 e. The van der Waals surface area contributed by atoms with Crippen LogP contribution in [0.1, 0.15) is 23.3 Å². The van der Waals surface area contributed by atoms with Gasteiger partial charge in [-0.15, -0.1) is 5.10 Å². The molecule has 1 aromatic carbocycles. The molecule has 2 aromatic heterocycles. The number of tetrazole rings is 1. The lowest BCUT2D eigenvalue weighted by atomic mass is 10.3. The van der Waals surface area contributed by atoms with Gasteiger partial charge in [-0.1, -0.05) is 0 Å². The number of carbonyl (C=O) groups is 1. The van der Waals surface area contributed by atoms with E-state index in [1.54, 1.807) is 24.3 Å². The minimum Gasteiger partial charge on any atom is -0.494 e. The fourth-order valence-electron chi connectivity index (χ4n) is 2.16. The van der Waals surface area contributed by atoms with Crippen LogP contribution in [0, 0.1) is 10.1 Å². The number of furan rings is 1. The van der Waals surface area contributed by atoms with Crippen molar-refractivity contribution >= 4 is 11.8 Å². The van der Waals surface area contributed by atoms with Gasteiger partial charge in [0.05, 0.1) is 24.9 Å². The second kappa shape index (κ2) is 7.42. The van der Waals surface area contributed by atoms with Gasteiger partial charge in [-0.3, -0.25) is 14.9 Å². The number of hydrogen-bond acceptors (Lipinski definition) is 8. The number of amides is 1. The van der Waals surface area contributed by atoms with Gasteiger partial charge in [0.15, 0.2) is 11.6 Å². The van der Waals surface area contributed by atoms with Crippen molar-refractivity contribution in [2.75, 3.05) is 6.61 Å². The van der Waals surface area contributed by atoms with Crippen molar-refractivity contribution in [3.8, 4) is 11.4 Å². The summed E-state index contributed by atoms with van der Waals surface area (Å²) < 4.78 is 11.7. The maximum Gasteiger partial charge on any atom is 0.433 e. The summed E-state index contributed by atoms with van der Waals surface area (Å²) in [5, 5.41) is 24.5. The Morgan fingerprint density at radius 2 is 2.08 bits per heavy atom. The maximum absolute atomic E-state index is 12.0. The molecule has 0 aliphatic heterocycles. The van der Waals surface area contributed by atoms with Crippen molar-refractivity contribution in [3.05, 3.63) is 58.1 Å². The molecular weight excluding hydrogens is 344 g/mol. The number of nitrogens with one attached hydrogen (secondary N) is 1. The summed E-state index contributed by atoms with van der Waals surface area (Å²) in [6.45, 7) is 2.46. The molecule has 0 unspecified atom stereocenters. The summed E-state index contributed by atoms with van der Waals surface area (Å²) >= 11 is 0. The average Bonchev–Trinajstić information content (AvgIpc) is 3.30. The molecule has 0 fully saturated rings. The van der Waals surface area contributed by atoms with Crippen molar-refractivity contribution in [1.82, 2.24) is 25.5 Å². The zero-order chi connectivity index (χ0) is 18.5. The molecule has 0 saturated heterocycles. The van der Waals surface area contributed by atoms with Crippen LogP contribution in [-0.4, -0.2) is 37.6 Å². The Hall–Kier alpha value is -3.76. The van der Waals surface area contributed by atoms with Gasteiger partial charge in [0.1, 0.15) is 10.7 Å². The molecule has 0 radical (unpaired) electrons. The van der Waals surface area contributed by atoms with Gasteiger partial charge in [0, 0.05) is 0 Å². The summed E-state index contributed by atoms with van der Waals surface area (Å²) in [6.07, 6.45) is 0. The molecule has 11 heteroatoms. The Bertz CT molecular complexity index is 917. The van der Waals surface area contributed by atoms with Crippen LogP contribution in [-0.2, 0) is 6.54 Å². The molecule has 11 nitrogen and oxygen atoms in total. The normalized spacial score (nSPS) is 10.5. The third-order valence-electron chi connectivity index (χ3n) is 3.33. The van der Waals surface area contributed by atoms with E-state index in [0.717, 1.165) is 11.8 Å². The van der Waals surface area contributed by atoms with Crippen LogP contribution in [0.4, 0.5) is 5.88 Å². The first-order chi connectivity index (χ1) is 12.6. The average molecular weight is 358 g/mol. The third-order valence-corrected chi connectivity index (χ3v) is 3.33. The van der Waals surface area contributed by atoms with E-state index in [4.69, 9.17) is 9.15 Å². The fourth-order valence-corrected chi connectivity index (χ4v) is 2.16. The van der Waals surface area contributed by atoms with E-state index in [9.17, 15) is 14.9 Å². The first-order valence-corrected chi connectivity index (χ1v) is 7.61. The quantitative estimate of drug-likeness (QED) is 0.495. The van der Waals surface area contributed by atoms with Crippen LogP contribution in [0.25, 0.3) is 5.69 Å². The van der Waals surface area contributed by atoms with Crippen LogP contribution in [0.15, 0.2) is 40.8 Å². The summed E-state index contributed by atoms with van der Waals surface area (Å²) in [5.74, 6) is -0.187. The highest BCUT2D eigenvalue weighted by Gasteiger charge is 2.18. The van der Waals surface area contributed by atoms with Crippen molar-refractivity contribution in [2.45, 2.75) is 13.5 Å². The number of aromatic nitrogens is 4. The highest BCUT2D eigenvalue weighted by Crippen LogP contribution is 2.17. The number of hydrogen-bond donors (Lipinski definition) is 1. The Morgan fingerprint density at radius 3 is 2.73 bits per heavy atom. The third kappa shape index (κ3) is 3.66. The Balaban J connectivity index is 1.68. The van der Waals surface area contributed by atoms with Crippen LogP contribution in [0.3, 0.4) is 0 Å². The van der Waals surface area contributed by atoms with Crippen LogP contribution in [0.2, 0.25) is 0 Å². The van der Waals surface area contributed by atoms with Gasteiger partial charge >= 0.3 is 5.88 Å². The second-order valence-electron chi connectivity index (χ2n) is 5.01. The molecule has 3 aromatic rings. The van der Waals surface area contributed by atoms with E-state index in [1.165, 1.54) is 10.7 Å². The van der Waals surface area contributed by atoms with Crippen molar-refractivity contribution in [1.29, 1.82) is 0 Å². The Morgan fingerprint density at radius 1 is 1.31 bits per heavy atom. The summed E-state index contributed by atoms with van der Waals surface area (Å²) in [5.41, 5.74) is 0.691. The van der Waals surface area contributed by atoms with Crippen LogP contribution in [0.5, 0.6) is 5.75 Å². The summed E-state index contributed by atoms with van der Waals surface area (Å²) in [7, 11) is 0. The minimum absolute atomic E-state index is 0.00748. The Labute approximate surface area is 146 Å². The lowest BCUT2D eigenvalue weighted by Gasteiger charge is -2.07. The molecular formula is C15H14N6O5. The van der Waals surface area contributed by atoms with Gasteiger partial charge in [0.2, 0.25) is 0 Å². The van der Waals surface area contributed by atoms with Crippen molar-refractivity contribution < 1.29 is 18.9 Å². The van der Waals surface area contributed by atoms with E-state index < -0.39 is 16.7 Å². The number of rotatable bonds is 7. The molecule has 0 aliphatic carbocycles. The molecule has 1 N–H and O–H groups in total. The molecule has 0 bridgehead atoms. The lowest BCUT2D eigenvalue weighted by molar-refractivity contribution is -0.402. The standard InChI is InChI=1S/C15H14N6O5/c1-2-25-11-5-3-10(4-6-11)20-13(17-18-19-20)9-16-15(22)12-7-8-14(26-12)21(23)24/h3-8H,2,9H2,1H3,(H,16,22). The first kappa shape index (κ1) is 17.1. The maximum atomic E-state index is 12.0. The molecule has 0 saturated carbocycles.